The summed E-state index contributed by atoms with van der Waals surface area (Å²) in [7, 11) is 0. The Balaban J connectivity index is 1.88. The van der Waals surface area contributed by atoms with Crippen molar-refractivity contribution in [3.63, 3.8) is 0 Å². The van der Waals surface area contributed by atoms with Crippen LogP contribution in [0.2, 0.25) is 0 Å². The lowest BCUT2D eigenvalue weighted by atomic mass is 10.2. The van der Waals surface area contributed by atoms with E-state index in [1.165, 1.54) is 0 Å². The molecule has 90 valence electrons. The Labute approximate surface area is 95.3 Å². The van der Waals surface area contributed by atoms with Crippen molar-refractivity contribution in [1.82, 2.24) is 25.0 Å². The second-order valence-corrected chi connectivity index (χ2v) is 4.11. The van der Waals surface area contributed by atoms with E-state index >= 15 is 0 Å². The topological polar surface area (TPSA) is 66.2 Å². The van der Waals surface area contributed by atoms with Gasteiger partial charge in [-0.2, -0.15) is 0 Å². The minimum Gasteiger partial charge on any atom is -0.395 e. The molecule has 6 heteroatoms. The van der Waals surface area contributed by atoms with Crippen LogP contribution in [-0.2, 0) is 13.1 Å². The van der Waals surface area contributed by atoms with Crippen molar-refractivity contribution in [2.75, 3.05) is 26.2 Å². The van der Waals surface area contributed by atoms with Gasteiger partial charge in [0.1, 0.15) is 12.2 Å². The normalized spacial score (nSPS) is 18.4. The van der Waals surface area contributed by atoms with Crippen LogP contribution in [-0.4, -0.2) is 57.1 Å². The molecule has 0 fully saturated rings. The van der Waals surface area contributed by atoms with Crippen LogP contribution >= 0.6 is 0 Å². The number of fused-ring (bicyclic) bond motifs is 1. The van der Waals surface area contributed by atoms with Gasteiger partial charge in [-0.15, -0.1) is 10.2 Å². The summed E-state index contributed by atoms with van der Waals surface area (Å²) in [4.78, 5) is 2.30. The van der Waals surface area contributed by atoms with E-state index in [2.05, 4.69) is 31.9 Å². The molecule has 6 nitrogen and oxygen atoms in total. The maximum atomic E-state index is 9.22. The molecule has 0 saturated heterocycles. The van der Waals surface area contributed by atoms with E-state index in [4.69, 9.17) is 0 Å². The van der Waals surface area contributed by atoms with Gasteiger partial charge in [0.15, 0.2) is 0 Å². The fourth-order valence-electron chi connectivity index (χ4n) is 2.06. The number of rotatable bonds is 5. The molecule has 0 saturated carbocycles. The quantitative estimate of drug-likeness (QED) is 0.677. The van der Waals surface area contributed by atoms with Gasteiger partial charge in [-0.3, -0.25) is 4.90 Å². The minimum atomic E-state index is 0.152. The van der Waals surface area contributed by atoms with E-state index in [1.54, 1.807) is 6.33 Å². The first-order valence-corrected chi connectivity index (χ1v) is 5.76. The average Bonchev–Trinajstić information content (AvgIpc) is 2.75. The van der Waals surface area contributed by atoms with Gasteiger partial charge in [0, 0.05) is 25.7 Å². The average molecular weight is 225 g/mol. The van der Waals surface area contributed by atoms with E-state index in [1.807, 2.05) is 0 Å². The molecule has 2 N–H and O–H groups in total. The minimum absolute atomic E-state index is 0.152. The first-order chi connectivity index (χ1) is 7.83. The SMILES string of the molecule is CCNC(CO)CN1CCn2cnnc2C1. The monoisotopic (exact) mass is 225 g/mol. The molecule has 1 aliphatic heterocycles. The summed E-state index contributed by atoms with van der Waals surface area (Å²) in [6.07, 6.45) is 1.78. The highest BCUT2D eigenvalue weighted by atomic mass is 16.3. The second-order valence-electron chi connectivity index (χ2n) is 4.11. The third-order valence-corrected chi connectivity index (χ3v) is 2.91. The van der Waals surface area contributed by atoms with Crippen LogP contribution < -0.4 is 5.32 Å². The smallest absolute Gasteiger partial charge is 0.147 e. The molecule has 1 aromatic rings. The molecule has 0 aromatic carbocycles. The third kappa shape index (κ3) is 2.58. The maximum absolute atomic E-state index is 9.22. The van der Waals surface area contributed by atoms with Crippen molar-refractivity contribution in [1.29, 1.82) is 0 Å². The van der Waals surface area contributed by atoms with Gasteiger partial charge in [0.05, 0.1) is 13.2 Å². The molecule has 16 heavy (non-hydrogen) atoms. The number of aliphatic hydroxyl groups is 1. The lowest BCUT2D eigenvalue weighted by molar-refractivity contribution is 0.157. The maximum Gasteiger partial charge on any atom is 0.147 e. The number of nitrogens with one attached hydrogen (secondary N) is 1. The Hall–Kier alpha value is -0.980. The lowest BCUT2D eigenvalue weighted by Crippen LogP contribution is -2.45. The summed E-state index contributed by atoms with van der Waals surface area (Å²) in [5.41, 5.74) is 0. The summed E-state index contributed by atoms with van der Waals surface area (Å²) in [6, 6.07) is 0.152. The number of aliphatic hydroxyl groups excluding tert-OH is 1. The molecule has 0 radical (unpaired) electrons. The zero-order chi connectivity index (χ0) is 11.4. The first-order valence-electron chi connectivity index (χ1n) is 5.76. The lowest BCUT2D eigenvalue weighted by Gasteiger charge is -2.30. The summed E-state index contributed by atoms with van der Waals surface area (Å²) >= 11 is 0. The molecule has 2 heterocycles. The zero-order valence-electron chi connectivity index (χ0n) is 9.63. The number of aromatic nitrogens is 3. The van der Waals surface area contributed by atoms with Gasteiger partial charge in [-0.1, -0.05) is 6.92 Å². The van der Waals surface area contributed by atoms with Crippen LogP contribution in [0.1, 0.15) is 12.7 Å². The number of likely N-dealkylation sites (N-methyl/N-ethyl adjacent to an activating group) is 1. The summed E-state index contributed by atoms with van der Waals surface area (Å²) < 4.78 is 2.08. The van der Waals surface area contributed by atoms with Crippen molar-refractivity contribution >= 4 is 0 Å². The van der Waals surface area contributed by atoms with Crippen LogP contribution in [0.5, 0.6) is 0 Å². The van der Waals surface area contributed by atoms with Gasteiger partial charge in [0.25, 0.3) is 0 Å². The van der Waals surface area contributed by atoms with Crippen molar-refractivity contribution in [3.8, 4) is 0 Å². The Morgan fingerprint density at radius 1 is 1.56 bits per heavy atom. The Bertz CT molecular complexity index is 327. The molecule has 1 aromatic heterocycles. The van der Waals surface area contributed by atoms with E-state index in [0.29, 0.717) is 0 Å². The van der Waals surface area contributed by atoms with E-state index < -0.39 is 0 Å². The van der Waals surface area contributed by atoms with Gasteiger partial charge >= 0.3 is 0 Å². The Kier molecular flexibility index (Phi) is 3.87. The second kappa shape index (κ2) is 5.38. The molecular formula is C10H19N5O. The molecule has 0 aliphatic carbocycles. The van der Waals surface area contributed by atoms with E-state index in [-0.39, 0.29) is 12.6 Å². The van der Waals surface area contributed by atoms with Crippen molar-refractivity contribution in [2.24, 2.45) is 0 Å². The highest BCUT2D eigenvalue weighted by Crippen LogP contribution is 2.09. The van der Waals surface area contributed by atoms with Gasteiger partial charge in [0.2, 0.25) is 0 Å². The highest BCUT2D eigenvalue weighted by Gasteiger charge is 2.19. The fraction of sp³-hybridized carbons (Fsp3) is 0.800. The number of nitrogens with zero attached hydrogens (tertiary/aromatic N) is 4. The Morgan fingerprint density at radius 3 is 3.19 bits per heavy atom. The largest absolute Gasteiger partial charge is 0.395 e. The summed E-state index contributed by atoms with van der Waals surface area (Å²) in [5.74, 6) is 1.01. The van der Waals surface area contributed by atoms with Crippen molar-refractivity contribution < 1.29 is 5.11 Å². The molecule has 0 spiro atoms. The van der Waals surface area contributed by atoms with Crippen LogP contribution in [0.3, 0.4) is 0 Å². The molecule has 2 rings (SSSR count). The van der Waals surface area contributed by atoms with Crippen LogP contribution in [0.25, 0.3) is 0 Å². The first kappa shape index (κ1) is 11.5. The van der Waals surface area contributed by atoms with E-state index in [9.17, 15) is 5.11 Å². The van der Waals surface area contributed by atoms with E-state index in [0.717, 1.165) is 38.5 Å². The standard InChI is InChI=1S/C10H19N5O/c1-2-11-9(7-16)5-14-3-4-15-8-12-13-10(15)6-14/h8-9,11,16H,2-7H2,1H3. The zero-order valence-corrected chi connectivity index (χ0v) is 9.63. The molecule has 1 aliphatic rings. The molecule has 1 atom stereocenters. The molecule has 1 unspecified atom stereocenters. The fourth-order valence-corrected chi connectivity index (χ4v) is 2.06. The predicted molar refractivity (Wildman–Crippen MR) is 59.8 cm³/mol. The van der Waals surface area contributed by atoms with Crippen molar-refractivity contribution in [3.05, 3.63) is 12.2 Å². The summed E-state index contributed by atoms with van der Waals surface area (Å²) in [5, 5.41) is 20.5. The van der Waals surface area contributed by atoms with Crippen molar-refractivity contribution in [2.45, 2.75) is 26.1 Å². The van der Waals surface area contributed by atoms with Crippen LogP contribution in [0, 0.1) is 0 Å². The molecule has 0 bridgehead atoms. The van der Waals surface area contributed by atoms with Gasteiger partial charge in [-0.25, -0.2) is 0 Å². The predicted octanol–water partition coefficient (Wildman–Crippen LogP) is -0.936. The van der Waals surface area contributed by atoms with Crippen LogP contribution in [0.15, 0.2) is 6.33 Å². The van der Waals surface area contributed by atoms with Gasteiger partial charge < -0.3 is 15.0 Å². The van der Waals surface area contributed by atoms with Crippen LogP contribution in [0.4, 0.5) is 0 Å². The highest BCUT2D eigenvalue weighted by molar-refractivity contribution is 4.90. The number of hydrogen-bond acceptors (Lipinski definition) is 5. The summed E-state index contributed by atoms with van der Waals surface area (Å²) in [6.45, 7) is 6.72. The van der Waals surface area contributed by atoms with Gasteiger partial charge in [-0.05, 0) is 6.54 Å². The molecular weight excluding hydrogens is 206 g/mol. The molecule has 0 amide bonds. The Morgan fingerprint density at radius 2 is 2.44 bits per heavy atom. The third-order valence-electron chi connectivity index (χ3n) is 2.91. The number of hydrogen-bond donors (Lipinski definition) is 2.